The van der Waals surface area contributed by atoms with E-state index in [9.17, 15) is 4.79 Å². The van der Waals surface area contributed by atoms with Crippen LogP contribution in [-0.4, -0.2) is 61.3 Å². The van der Waals surface area contributed by atoms with Crippen LogP contribution in [0.5, 0.6) is 0 Å². The van der Waals surface area contributed by atoms with Crippen LogP contribution in [0, 0.1) is 20.8 Å². The Labute approximate surface area is 164 Å². The van der Waals surface area contributed by atoms with Crippen molar-refractivity contribution < 1.29 is 4.79 Å². The zero-order valence-corrected chi connectivity index (χ0v) is 16.5. The van der Waals surface area contributed by atoms with Gasteiger partial charge in [0.2, 0.25) is 5.91 Å². The summed E-state index contributed by atoms with van der Waals surface area (Å²) in [4.78, 5) is 25.8. The lowest BCUT2D eigenvalue weighted by Gasteiger charge is -2.35. The Bertz CT molecular complexity index is 969. The first kappa shape index (κ1) is 18.2. The van der Waals surface area contributed by atoms with Crippen molar-refractivity contribution in [1.29, 1.82) is 0 Å². The number of hydrogen-bond donors (Lipinski definition) is 0. The molecule has 4 rings (SSSR count). The van der Waals surface area contributed by atoms with Crippen molar-refractivity contribution in [3.63, 3.8) is 0 Å². The molecule has 0 atom stereocenters. The number of carbonyl (C=O) groups is 1. The van der Waals surface area contributed by atoms with Gasteiger partial charge in [-0.15, -0.1) is 0 Å². The lowest BCUT2D eigenvalue weighted by molar-refractivity contribution is -0.132. The van der Waals surface area contributed by atoms with Gasteiger partial charge in [0.1, 0.15) is 18.2 Å². The summed E-state index contributed by atoms with van der Waals surface area (Å²) in [7, 11) is 0. The minimum absolute atomic E-state index is 0.151. The van der Waals surface area contributed by atoms with Crippen molar-refractivity contribution in [3.05, 3.63) is 53.9 Å². The Morgan fingerprint density at radius 1 is 0.964 bits per heavy atom. The van der Waals surface area contributed by atoms with E-state index in [4.69, 9.17) is 0 Å². The zero-order chi connectivity index (χ0) is 19.7. The minimum Gasteiger partial charge on any atom is -0.353 e. The lowest BCUT2D eigenvalue weighted by Crippen LogP contribution is -2.49. The number of anilines is 1. The van der Waals surface area contributed by atoms with Crippen molar-refractivity contribution in [2.24, 2.45) is 0 Å². The molecule has 0 aliphatic carbocycles. The molecule has 0 saturated carbocycles. The normalized spacial score (nSPS) is 14.5. The summed E-state index contributed by atoms with van der Waals surface area (Å²) in [5, 5.41) is 4.53. The second kappa shape index (κ2) is 7.46. The lowest BCUT2D eigenvalue weighted by atomic mass is 10.3. The maximum Gasteiger partial charge on any atom is 0.242 e. The summed E-state index contributed by atoms with van der Waals surface area (Å²) in [5.41, 5.74) is 2.01. The Kier molecular flexibility index (Phi) is 4.85. The van der Waals surface area contributed by atoms with Crippen LogP contribution < -0.4 is 4.90 Å². The van der Waals surface area contributed by atoms with Crippen LogP contribution in [0.25, 0.3) is 5.82 Å². The largest absolute Gasteiger partial charge is 0.353 e. The van der Waals surface area contributed by atoms with Gasteiger partial charge in [0.15, 0.2) is 5.82 Å². The van der Waals surface area contributed by atoms with Crippen LogP contribution in [0.15, 0.2) is 36.7 Å². The number of hydrogen-bond acceptors (Lipinski definition) is 5. The molecule has 0 aromatic carbocycles. The van der Waals surface area contributed by atoms with Crippen LogP contribution in [0.1, 0.15) is 17.2 Å². The smallest absolute Gasteiger partial charge is 0.242 e. The second-order valence-electron chi connectivity index (χ2n) is 7.19. The third-order valence-electron chi connectivity index (χ3n) is 4.98. The number of piperazine rings is 1. The van der Waals surface area contributed by atoms with Crippen molar-refractivity contribution >= 4 is 11.7 Å². The fraction of sp³-hybridized carbons (Fsp3) is 0.400. The maximum absolute atomic E-state index is 12.5. The third kappa shape index (κ3) is 3.76. The summed E-state index contributed by atoms with van der Waals surface area (Å²) < 4.78 is 3.76. The Hall–Kier alpha value is -3.16. The molecular formula is C20H25N7O. The van der Waals surface area contributed by atoms with Gasteiger partial charge in [-0.1, -0.05) is 0 Å². The third-order valence-corrected chi connectivity index (χ3v) is 4.98. The summed E-state index contributed by atoms with van der Waals surface area (Å²) >= 11 is 0. The van der Waals surface area contributed by atoms with Crippen LogP contribution in [0.2, 0.25) is 0 Å². The van der Waals surface area contributed by atoms with Gasteiger partial charge in [-0.3, -0.25) is 4.79 Å². The molecule has 3 aromatic heterocycles. The van der Waals surface area contributed by atoms with Gasteiger partial charge in [0, 0.05) is 50.3 Å². The first-order chi connectivity index (χ1) is 13.5. The van der Waals surface area contributed by atoms with Crippen molar-refractivity contribution in [2.45, 2.75) is 27.3 Å². The quantitative estimate of drug-likeness (QED) is 0.690. The van der Waals surface area contributed by atoms with E-state index >= 15 is 0 Å². The van der Waals surface area contributed by atoms with Gasteiger partial charge >= 0.3 is 0 Å². The van der Waals surface area contributed by atoms with Gasteiger partial charge in [0.05, 0.1) is 5.69 Å². The van der Waals surface area contributed by atoms with E-state index < -0.39 is 0 Å². The molecule has 0 bridgehead atoms. The maximum atomic E-state index is 12.5. The second-order valence-corrected chi connectivity index (χ2v) is 7.19. The number of aryl methyl sites for hydroxylation is 3. The Balaban J connectivity index is 1.46. The predicted molar refractivity (Wildman–Crippen MR) is 107 cm³/mol. The van der Waals surface area contributed by atoms with Crippen LogP contribution in [-0.2, 0) is 11.3 Å². The monoisotopic (exact) mass is 379 g/mol. The van der Waals surface area contributed by atoms with Gasteiger partial charge in [-0.05, 0) is 39.0 Å². The molecular weight excluding hydrogens is 354 g/mol. The van der Waals surface area contributed by atoms with E-state index in [1.807, 2.05) is 71.6 Å². The van der Waals surface area contributed by atoms with E-state index in [2.05, 4.69) is 20.0 Å². The van der Waals surface area contributed by atoms with Crippen LogP contribution >= 0.6 is 0 Å². The van der Waals surface area contributed by atoms with Crippen molar-refractivity contribution in [2.75, 3.05) is 31.1 Å². The summed E-state index contributed by atoms with van der Waals surface area (Å²) in [6.07, 6.45) is 3.83. The fourth-order valence-electron chi connectivity index (χ4n) is 3.58. The molecule has 1 aliphatic heterocycles. The topological polar surface area (TPSA) is 72.1 Å². The first-order valence-electron chi connectivity index (χ1n) is 9.52. The number of nitrogens with zero attached hydrogens (tertiary/aromatic N) is 7. The first-order valence-corrected chi connectivity index (χ1v) is 9.52. The zero-order valence-electron chi connectivity index (χ0n) is 16.5. The van der Waals surface area contributed by atoms with Crippen LogP contribution in [0.4, 0.5) is 5.82 Å². The summed E-state index contributed by atoms with van der Waals surface area (Å²) in [6, 6.07) is 7.88. The number of rotatable bonds is 4. The molecule has 8 nitrogen and oxygen atoms in total. The predicted octanol–water partition coefficient (Wildman–Crippen LogP) is 1.74. The standard InChI is InChI=1S/C20H25N7O/c1-15-12-16(2)27(23-15)19-13-18(21-17(3)22-19)25-8-10-26(11-9-25)20(28)14-24-6-4-5-7-24/h4-7,12-13H,8-11,14H2,1-3H3. The molecule has 4 heterocycles. The molecule has 28 heavy (non-hydrogen) atoms. The summed E-state index contributed by atoms with van der Waals surface area (Å²) in [5.74, 6) is 2.52. The number of aromatic nitrogens is 5. The fourth-order valence-corrected chi connectivity index (χ4v) is 3.58. The van der Waals surface area contributed by atoms with E-state index in [0.717, 1.165) is 36.1 Å². The van der Waals surface area contributed by atoms with Gasteiger partial charge < -0.3 is 14.4 Å². The Morgan fingerprint density at radius 3 is 2.29 bits per heavy atom. The van der Waals surface area contributed by atoms with Crippen LogP contribution in [0.3, 0.4) is 0 Å². The molecule has 1 aliphatic rings. The minimum atomic E-state index is 0.151. The van der Waals surface area contributed by atoms with Gasteiger partial charge in [-0.25, -0.2) is 14.6 Å². The molecule has 8 heteroatoms. The molecule has 0 N–H and O–H groups in total. The van der Waals surface area contributed by atoms with Crippen molar-refractivity contribution in [3.8, 4) is 5.82 Å². The average molecular weight is 379 g/mol. The molecule has 0 spiro atoms. The summed E-state index contributed by atoms with van der Waals surface area (Å²) in [6.45, 7) is 9.18. The highest BCUT2D eigenvalue weighted by atomic mass is 16.2. The molecule has 1 amide bonds. The highest BCUT2D eigenvalue weighted by Crippen LogP contribution is 2.19. The molecule has 1 saturated heterocycles. The number of amides is 1. The highest BCUT2D eigenvalue weighted by molar-refractivity contribution is 5.76. The molecule has 1 fully saturated rings. The van der Waals surface area contributed by atoms with Gasteiger partial charge in [0.25, 0.3) is 0 Å². The number of carbonyl (C=O) groups excluding carboxylic acids is 1. The SMILES string of the molecule is Cc1cc(C)n(-c2cc(N3CCN(C(=O)Cn4cccc4)CC3)nc(C)n2)n1. The van der Waals surface area contributed by atoms with E-state index in [0.29, 0.717) is 25.5 Å². The molecule has 3 aromatic rings. The molecule has 0 radical (unpaired) electrons. The van der Waals surface area contributed by atoms with Gasteiger partial charge in [-0.2, -0.15) is 5.10 Å². The Morgan fingerprint density at radius 2 is 1.64 bits per heavy atom. The van der Waals surface area contributed by atoms with E-state index in [1.54, 1.807) is 0 Å². The molecule has 146 valence electrons. The van der Waals surface area contributed by atoms with E-state index in [-0.39, 0.29) is 5.91 Å². The average Bonchev–Trinajstić information content (AvgIpc) is 3.30. The van der Waals surface area contributed by atoms with E-state index in [1.165, 1.54) is 0 Å². The van der Waals surface area contributed by atoms with Crippen molar-refractivity contribution in [1.82, 2.24) is 29.2 Å². The highest BCUT2D eigenvalue weighted by Gasteiger charge is 2.23. The molecule has 0 unspecified atom stereocenters.